The first-order chi connectivity index (χ1) is 13.6. The summed E-state index contributed by atoms with van der Waals surface area (Å²) in [6.45, 7) is 0.312. The lowest BCUT2D eigenvalue weighted by Gasteiger charge is -2.33. The molecule has 2 aromatic heterocycles. The summed E-state index contributed by atoms with van der Waals surface area (Å²) in [6.07, 6.45) is 3.84. The molecule has 5 heterocycles. The number of aromatic nitrogens is 3. The first-order valence-corrected chi connectivity index (χ1v) is 9.30. The van der Waals surface area contributed by atoms with E-state index < -0.39 is 6.61 Å². The Bertz CT molecular complexity index is 894. The van der Waals surface area contributed by atoms with Crippen molar-refractivity contribution in [3.8, 4) is 17.0 Å². The predicted octanol–water partition coefficient (Wildman–Crippen LogP) is 1.91. The molecule has 3 aliphatic heterocycles. The fraction of sp³-hybridized carbons (Fsp3) is 0.500. The molecule has 5 rings (SSSR count). The Morgan fingerprint density at radius 3 is 2.75 bits per heavy atom. The maximum atomic E-state index is 12.7. The second kappa shape index (κ2) is 6.69. The summed E-state index contributed by atoms with van der Waals surface area (Å²) in [5, 5.41) is 0. The fourth-order valence-electron chi connectivity index (χ4n) is 3.84. The summed E-state index contributed by atoms with van der Waals surface area (Å²) in [6, 6.07) is 3.61. The molecule has 10 heteroatoms. The van der Waals surface area contributed by atoms with Crippen LogP contribution in [0.2, 0.25) is 0 Å². The largest absolute Gasteiger partial charge is 0.431 e. The topological polar surface area (TPSA) is 89.6 Å². The molecule has 2 atom stereocenters. The number of fused-ring (bicyclic) bond motifs is 2. The minimum absolute atomic E-state index is 0.0877. The molecule has 8 nitrogen and oxygen atoms in total. The van der Waals surface area contributed by atoms with Crippen LogP contribution in [0.1, 0.15) is 12.8 Å². The first kappa shape index (κ1) is 17.4. The van der Waals surface area contributed by atoms with Crippen molar-refractivity contribution in [3.05, 3.63) is 18.3 Å². The molecule has 2 unspecified atom stereocenters. The maximum Gasteiger partial charge on any atom is 0.387 e. The van der Waals surface area contributed by atoms with Gasteiger partial charge in [-0.05, 0) is 18.9 Å². The van der Waals surface area contributed by atoms with Gasteiger partial charge in [-0.3, -0.25) is 0 Å². The zero-order chi connectivity index (χ0) is 19.3. The van der Waals surface area contributed by atoms with Crippen molar-refractivity contribution in [2.45, 2.75) is 31.6 Å². The summed E-state index contributed by atoms with van der Waals surface area (Å²) in [7, 11) is 0. The second-order valence-electron chi connectivity index (χ2n) is 7.24. The van der Waals surface area contributed by atoms with Crippen molar-refractivity contribution in [2.24, 2.45) is 0 Å². The van der Waals surface area contributed by atoms with Crippen LogP contribution in [0.5, 0.6) is 5.75 Å². The third-order valence-corrected chi connectivity index (χ3v) is 5.43. The molecule has 0 spiro atoms. The molecule has 0 radical (unpaired) electrons. The average Bonchev–Trinajstić information content (AvgIpc) is 3.25. The van der Waals surface area contributed by atoms with E-state index in [1.165, 1.54) is 12.3 Å². The van der Waals surface area contributed by atoms with Crippen molar-refractivity contribution in [3.63, 3.8) is 0 Å². The molecule has 148 valence electrons. The van der Waals surface area contributed by atoms with Gasteiger partial charge in [0.05, 0.1) is 24.4 Å². The van der Waals surface area contributed by atoms with Crippen LogP contribution in [0.3, 0.4) is 0 Å². The van der Waals surface area contributed by atoms with Gasteiger partial charge in [0.25, 0.3) is 0 Å². The minimum Gasteiger partial charge on any atom is -0.431 e. The Morgan fingerprint density at radius 1 is 1.25 bits per heavy atom. The number of hydrogen-bond acceptors (Lipinski definition) is 8. The van der Waals surface area contributed by atoms with E-state index in [0.29, 0.717) is 29.9 Å². The maximum absolute atomic E-state index is 12.7. The zero-order valence-corrected chi connectivity index (χ0v) is 15.1. The van der Waals surface area contributed by atoms with Crippen molar-refractivity contribution in [1.29, 1.82) is 0 Å². The van der Waals surface area contributed by atoms with E-state index >= 15 is 0 Å². The van der Waals surface area contributed by atoms with Crippen molar-refractivity contribution >= 4 is 17.6 Å². The first-order valence-electron chi connectivity index (χ1n) is 9.30. The average molecular weight is 390 g/mol. The number of ether oxygens (including phenoxy) is 2. The number of nitrogen functional groups attached to an aromatic ring is 1. The highest BCUT2D eigenvalue weighted by atomic mass is 19.3. The van der Waals surface area contributed by atoms with E-state index in [9.17, 15) is 8.78 Å². The lowest BCUT2D eigenvalue weighted by molar-refractivity contribution is -0.0494. The second-order valence-corrected chi connectivity index (χ2v) is 7.24. The van der Waals surface area contributed by atoms with E-state index in [1.54, 1.807) is 0 Å². The molecule has 0 aromatic carbocycles. The summed E-state index contributed by atoms with van der Waals surface area (Å²) < 4.78 is 35.5. The highest BCUT2D eigenvalue weighted by Crippen LogP contribution is 2.35. The Labute approximate surface area is 160 Å². The summed E-state index contributed by atoms with van der Waals surface area (Å²) in [5.74, 6) is 1.20. The highest BCUT2D eigenvalue weighted by molar-refractivity contribution is 5.68. The lowest BCUT2D eigenvalue weighted by atomic mass is 10.1. The van der Waals surface area contributed by atoms with Crippen LogP contribution in [0.25, 0.3) is 11.3 Å². The molecule has 3 saturated heterocycles. The van der Waals surface area contributed by atoms with Crippen LogP contribution < -0.4 is 20.3 Å². The highest BCUT2D eigenvalue weighted by Gasteiger charge is 2.40. The van der Waals surface area contributed by atoms with Crippen LogP contribution in [0.4, 0.5) is 26.4 Å². The van der Waals surface area contributed by atoms with E-state index in [4.69, 9.17) is 15.5 Å². The summed E-state index contributed by atoms with van der Waals surface area (Å²) in [4.78, 5) is 17.7. The number of morpholine rings is 1. The standard InChI is InChI=1S/C18H20F2N6O2/c19-17(20)28-14-4-10(7-22-16(14)21)13-6-15(24-18(23-13)25-2-1-3-25)26-8-12-5-11(26)9-27-12/h4,6-7,11-12,17H,1-3,5,8-9H2,(H2,21,22). The third kappa shape index (κ3) is 3.07. The van der Waals surface area contributed by atoms with Gasteiger partial charge < -0.3 is 25.0 Å². The molecule has 2 N–H and O–H groups in total. The van der Waals surface area contributed by atoms with Gasteiger partial charge in [-0.25, -0.2) is 9.97 Å². The van der Waals surface area contributed by atoms with Crippen molar-refractivity contribution < 1.29 is 18.3 Å². The quantitative estimate of drug-likeness (QED) is 0.828. The number of rotatable bonds is 5. The van der Waals surface area contributed by atoms with Gasteiger partial charge in [0, 0.05) is 37.5 Å². The minimum atomic E-state index is -2.97. The van der Waals surface area contributed by atoms with Gasteiger partial charge in [0.1, 0.15) is 5.82 Å². The molecule has 0 amide bonds. The number of alkyl halides is 2. The Morgan fingerprint density at radius 2 is 2.11 bits per heavy atom. The third-order valence-electron chi connectivity index (χ3n) is 5.43. The molecular weight excluding hydrogens is 370 g/mol. The predicted molar refractivity (Wildman–Crippen MR) is 98.6 cm³/mol. The molecule has 3 fully saturated rings. The Hall–Kier alpha value is -2.75. The SMILES string of the molecule is Nc1ncc(-c2cc(N3CC4CC3CO4)nc(N3CCC3)n2)cc1OC(F)F. The number of pyridine rings is 1. The van der Waals surface area contributed by atoms with Gasteiger partial charge in [0.15, 0.2) is 11.6 Å². The Kier molecular flexibility index (Phi) is 4.15. The molecule has 2 bridgehead atoms. The van der Waals surface area contributed by atoms with Gasteiger partial charge in [-0.2, -0.15) is 13.8 Å². The molecule has 0 aliphatic carbocycles. The van der Waals surface area contributed by atoms with Gasteiger partial charge in [0.2, 0.25) is 5.95 Å². The molecule has 28 heavy (non-hydrogen) atoms. The number of nitrogens with two attached hydrogens (primary N) is 1. The van der Waals surface area contributed by atoms with Crippen molar-refractivity contribution in [1.82, 2.24) is 15.0 Å². The van der Waals surface area contributed by atoms with Crippen molar-refractivity contribution in [2.75, 3.05) is 41.8 Å². The monoisotopic (exact) mass is 390 g/mol. The van der Waals surface area contributed by atoms with Gasteiger partial charge in [-0.15, -0.1) is 0 Å². The number of hydrogen-bond donors (Lipinski definition) is 1. The van der Waals surface area contributed by atoms with E-state index in [-0.39, 0.29) is 17.7 Å². The van der Waals surface area contributed by atoms with Crippen LogP contribution >= 0.6 is 0 Å². The van der Waals surface area contributed by atoms with Crippen LogP contribution in [-0.4, -0.2) is 60.0 Å². The Balaban J connectivity index is 1.54. The van der Waals surface area contributed by atoms with Crippen LogP contribution in [0, 0.1) is 0 Å². The van der Waals surface area contributed by atoms with Crippen LogP contribution in [-0.2, 0) is 4.74 Å². The van der Waals surface area contributed by atoms with E-state index in [0.717, 1.165) is 38.3 Å². The molecule has 2 aromatic rings. The van der Waals surface area contributed by atoms with Gasteiger partial charge >= 0.3 is 6.61 Å². The van der Waals surface area contributed by atoms with Gasteiger partial charge in [-0.1, -0.05) is 0 Å². The number of halogens is 2. The van der Waals surface area contributed by atoms with E-state index in [1.807, 2.05) is 6.07 Å². The molecule has 0 saturated carbocycles. The number of nitrogens with zero attached hydrogens (tertiary/aromatic N) is 5. The van der Waals surface area contributed by atoms with Crippen LogP contribution in [0.15, 0.2) is 18.3 Å². The number of anilines is 3. The summed E-state index contributed by atoms with van der Waals surface area (Å²) >= 11 is 0. The molecular formula is C18H20F2N6O2. The van der Waals surface area contributed by atoms with E-state index in [2.05, 4.69) is 24.5 Å². The zero-order valence-electron chi connectivity index (χ0n) is 15.1. The smallest absolute Gasteiger partial charge is 0.387 e. The normalized spacial score (nSPS) is 23.4. The fourth-order valence-corrected chi connectivity index (χ4v) is 3.84. The lowest BCUT2D eigenvalue weighted by Crippen LogP contribution is -2.40. The molecule has 3 aliphatic rings. The summed E-state index contributed by atoms with van der Waals surface area (Å²) in [5.41, 5.74) is 6.81.